The second kappa shape index (κ2) is 9.36. The normalized spacial score (nSPS) is 22.9. The van der Waals surface area contributed by atoms with E-state index in [9.17, 15) is 13.2 Å². The van der Waals surface area contributed by atoms with Crippen LogP contribution < -0.4 is 0 Å². The van der Waals surface area contributed by atoms with Gasteiger partial charge < -0.3 is 0 Å². The van der Waals surface area contributed by atoms with E-state index in [-0.39, 0.29) is 0 Å². The van der Waals surface area contributed by atoms with Crippen LogP contribution in [0.2, 0.25) is 0 Å². The molecule has 2 saturated carbocycles. The van der Waals surface area contributed by atoms with Gasteiger partial charge in [0.25, 0.3) is 0 Å². The van der Waals surface area contributed by atoms with Gasteiger partial charge in [-0.2, -0.15) is 0 Å². The summed E-state index contributed by atoms with van der Waals surface area (Å²) >= 11 is 0. The molecular formula is C26H31F3. The minimum atomic E-state index is -1.41. The van der Waals surface area contributed by atoms with E-state index in [1.807, 2.05) is 24.3 Å². The molecule has 0 aliphatic heterocycles. The van der Waals surface area contributed by atoms with Crippen molar-refractivity contribution in [2.75, 3.05) is 0 Å². The Balaban J connectivity index is 1.25. The second-order valence-corrected chi connectivity index (χ2v) is 9.26. The van der Waals surface area contributed by atoms with E-state index in [0.29, 0.717) is 11.1 Å². The lowest BCUT2D eigenvalue weighted by atomic mass is 9.76. The number of aryl methyl sites for hydroxylation is 1. The average Bonchev–Trinajstić information content (AvgIpc) is 3.24. The summed E-state index contributed by atoms with van der Waals surface area (Å²) in [5.41, 5.74) is 2.33. The predicted octanol–water partition coefficient (Wildman–Crippen LogP) is 8.09. The lowest BCUT2D eigenvalue weighted by Gasteiger charge is -2.30. The summed E-state index contributed by atoms with van der Waals surface area (Å²) in [5.74, 6) is -0.901. The molecule has 0 nitrogen and oxygen atoms in total. The maximum absolute atomic E-state index is 13.5. The molecule has 29 heavy (non-hydrogen) atoms. The fraction of sp³-hybridized carbons (Fsp3) is 0.538. The Hall–Kier alpha value is -1.77. The number of rotatable bonds is 6. The smallest absolute Gasteiger partial charge is 0.194 e. The molecular weight excluding hydrogens is 369 g/mol. The van der Waals surface area contributed by atoms with Crippen LogP contribution in [0, 0.1) is 35.2 Å². The highest BCUT2D eigenvalue weighted by Crippen LogP contribution is 2.38. The van der Waals surface area contributed by atoms with Crippen molar-refractivity contribution in [1.82, 2.24) is 0 Å². The van der Waals surface area contributed by atoms with Crippen molar-refractivity contribution in [3.8, 4) is 11.1 Å². The van der Waals surface area contributed by atoms with Gasteiger partial charge >= 0.3 is 0 Å². The Bertz CT molecular complexity index is 774. The quantitative estimate of drug-likeness (QED) is 0.430. The van der Waals surface area contributed by atoms with Crippen LogP contribution in [-0.4, -0.2) is 0 Å². The average molecular weight is 401 g/mol. The summed E-state index contributed by atoms with van der Waals surface area (Å²) in [7, 11) is 0. The Morgan fingerprint density at radius 1 is 0.655 bits per heavy atom. The zero-order valence-electron chi connectivity index (χ0n) is 17.1. The second-order valence-electron chi connectivity index (χ2n) is 9.26. The van der Waals surface area contributed by atoms with Crippen molar-refractivity contribution in [2.24, 2.45) is 17.8 Å². The van der Waals surface area contributed by atoms with Crippen molar-refractivity contribution in [3.63, 3.8) is 0 Å². The summed E-state index contributed by atoms with van der Waals surface area (Å²) < 4.78 is 40.1. The molecule has 2 aliphatic carbocycles. The lowest BCUT2D eigenvalue weighted by molar-refractivity contribution is 0.229. The third-order valence-electron chi connectivity index (χ3n) is 7.22. The predicted molar refractivity (Wildman–Crippen MR) is 112 cm³/mol. The van der Waals surface area contributed by atoms with Crippen LogP contribution in [0.3, 0.4) is 0 Å². The maximum Gasteiger partial charge on any atom is 0.194 e. The van der Waals surface area contributed by atoms with Crippen molar-refractivity contribution in [3.05, 3.63) is 59.4 Å². The molecule has 0 saturated heterocycles. The van der Waals surface area contributed by atoms with Gasteiger partial charge in [0.05, 0.1) is 0 Å². The topological polar surface area (TPSA) is 0 Å². The zero-order chi connectivity index (χ0) is 20.2. The van der Waals surface area contributed by atoms with Gasteiger partial charge in [-0.05, 0) is 65.8 Å². The Morgan fingerprint density at radius 2 is 1.21 bits per heavy atom. The highest BCUT2D eigenvalue weighted by atomic mass is 19.2. The first-order valence-electron chi connectivity index (χ1n) is 11.3. The van der Waals surface area contributed by atoms with Gasteiger partial charge in [-0.15, -0.1) is 0 Å². The lowest BCUT2D eigenvalue weighted by Crippen LogP contribution is -2.17. The van der Waals surface area contributed by atoms with Crippen LogP contribution in [0.4, 0.5) is 13.2 Å². The number of hydrogen-bond acceptors (Lipinski definition) is 0. The minimum absolute atomic E-state index is 0.369. The van der Waals surface area contributed by atoms with Crippen molar-refractivity contribution < 1.29 is 13.2 Å². The SMILES string of the molecule is Fc1cc(-c2ccc(CCC3CCC(CC4CCCC4)CC3)cc2)cc(F)c1F. The molecule has 0 atom stereocenters. The monoisotopic (exact) mass is 400 g/mol. The van der Waals surface area contributed by atoms with Crippen LogP contribution in [0.1, 0.15) is 69.8 Å². The first-order chi connectivity index (χ1) is 14.1. The van der Waals surface area contributed by atoms with Crippen molar-refractivity contribution in [2.45, 2.75) is 70.6 Å². The van der Waals surface area contributed by atoms with Crippen molar-refractivity contribution in [1.29, 1.82) is 0 Å². The molecule has 0 aromatic heterocycles. The van der Waals surface area contributed by atoms with Gasteiger partial charge in [-0.3, -0.25) is 0 Å². The van der Waals surface area contributed by atoms with Crippen LogP contribution in [0.15, 0.2) is 36.4 Å². The van der Waals surface area contributed by atoms with E-state index in [0.717, 1.165) is 36.3 Å². The van der Waals surface area contributed by atoms with Crippen LogP contribution >= 0.6 is 0 Å². The molecule has 0 bridgehead atoms. The van der Waals surface area contributed by atoms with Gasteiger partial charge in [-0.1, -0.05) is 75.6 Å². The molecule has 2 aromatic rings. The van der Waals surface area contributed by atoms with E-state index >= 15 is 0 Å². The molecule has 0 spiro atoms. The molecule has 0 amide bonds. The number of halogens is 3. The maximum atomic E-state index is 13.5. The summed E-state index contributed by atoms with van der Waals surface area (Å²) in [6.45, 7) is 0. The molecule has 2 fully saturated rings. The summed E-state index contributed by atoms with van der Waals surface area (Å²) in [4.78, 5) is 0. The van der Waals surface area contributed by atoms with E-state index < -0.39 is 17.5 Å². The zero-order valence-corrected chi connectivity index (χ0v) is 17.1. The third-order valence-corrected chi connectivity index (χ3v) is 7.22. The van der Waals surface area contributed by atoms with E-state index in [4.69, 9.17) is 0 Å². The molecule has 4 rings (SSSR count). The molecule has 156 valence electrons. The van der Waals surface area contributed by atoms with Gasteiger partial charge in [0, 0.05) is 0 Å². The summed E-state index contributed by atoms with van der Waals surface area (Å²) in [6.07, 6.45) is 15.1. The Labute approximate surface area is 172 Å². The van der Waals surface area contributed by atoms with E-state index in [1.165, 1.54) is 69.8 Å². The first kappa shape index (κ1) is 20.5. The van der Waals surface area contributed by atoms with E-state index in [1.54, 1.807) is 0 Å². The van der Waals surface area contributed by atoms with Crippen LogP contribution in [0.25, 0.3) is 11.1 Å². The number of hydrogen-bond donors (Lipinski definition) is 0. The largest absolute Gasteiger partial charge is 0.204 e. The molecule has 2 aromatic carbocycles. The molecule has 0 N–H and O–H groups in total. The Kier molecular flexibility index (Phi) is 6.62. The third kappa shape index (κ3) is 5.24. The fourth-order valence-corrected chi connectivity index (χ4v) is 5.43. The molecule has 0 radical (unpaired) electrons. The molecule has 3 heteroatoms. The highest BCUT2D eigenvalue weighted by Gasteiger charge is 2.25. The molecule has 2 aliphatic rings. The highest BCUT2D eigenvalue weighted by molar-refractivity contribution is 5.63. The van der Waals surface area contributed by atoms with Gasteiger partial charge in [0.15, 0.2) is 17.5 Å². The van der Waals surface area contributed by atoms with Crippen molar-refractivity contribution >= 4 is 0 Å². The van der Waals surface area contributed by atoms with Crippen LogP contribution in [0.5, 0.6) is 0 Å². The first-order valence-corrected chi connectivity index (χ1v) is 11.3. The number of benzene rings is 2. The van der Waals surface area contributed by atoms with Crippen LogP contribution in [-0.2, 0) is 6.42 Å². The summed E-state index contributed by atoms with van der Waals surface area (Å²) in [5, 5.41) is 0. The summed E-state index contributed by atoms with van der Waals surface area (Å²) in [6, 6.07) is 9.91. The van der Waals surface area contributed by atoms with Gasteiger partial charge in [0.2, 0.25) is 0 Å². The standard InChI is InChI=1S/C26H31F3/c27-24-16-23(17-25(28)26(24)29)22-13-11-19(12-14-22)6-5-18-7-9-21(10-8-18)15-20-3-1-2-4-20/h11-14,16-18,20-21H,1-10,15H2. The van der Waals surface area contributed by atoms with Gasteiger partial charge in [-0.25, -0.2) is 13.2 Å². The minimum Gasteiger partial charge on any atom is -0.204 e. The molecule has 0 heterocycles. The fourth-order valence-electron chi connectivity index (χ4n) is 5.43. The van der Waals surface area contributed by atoms with E-state index in [2.05, 4.69) is 0 Å². The molecule has 0 unspecified atom stereocenters. The Morgan fingerprint density at radius 3 is 1.83 bits per heavy atom. The van der Waals surface area contributed by atoms with Gasteiger partial charge in [0.1, 0.15) is 0 Å².